The molecule has 0 unspecified atom stereocenters. The van der Waals surface area contributed by atoms with E-state index in [1.807, 2.05) is 18.2 Å². The molecule has 0 spiro atoms. The number of Topliss-reactive ketones (excluding diaryl/α,β-unsaturated/α-hetero) is 1. The number of pyridine rings is 1. The van der Waals surface area contributed by atoms with Gasteiger partial charge in [0, 0.05) is 44.5 Å². The Morgan fingerprint density at radius 2 is 1.89 bits per heavy atom. The van der Waals surface area contributed by atoms with Crippen molar-refractivity contribution in [2.24, 2.45) is 0 Å². The zero-order valence-electron chi connectivity index (χ0n) is 19.7. The average molecular weight is 474 g/mol. The summed E-state index contributed by atoms with van der Waals surface area (Å²) in [7, 11) is 3.15. The fraction of sp³-hybridized carbons (Fsp3) is 0.259. The number of carbonyl (C=O) groups excluding carboxylic acids is 1. The predicted molar refractivity (Wildman–Crippen MR) is 132 cm³/mol. The Kier molecular flexibility index (Phi) is 6.29. The molecular weight excluding hydrogens is 446 g/mol. The number of hydrogen-bond acceptors (Lipinski definition) is 8. The molecule has 0 saturated carbocycles. The van der Waals surface area contributed by atoms with E-state index in [0.717, 1.165) is 32.0 Å². The van der Waals surface area contributed by atoms with Crippen molar-refractivity contribution in [1.82, 2.24) is 9.88 Å². The first kappa shape index (κ1) is 22.7. The van der Waals surface area contributed by atoms with Gasteiger partial charge in [0.15, 0.2) is 5.76 Å². The number of carbonyl (C=O) groups is 1. The summed E-state index contributed by atoms with van der Waals surface area (Å²) < 4.78 is 16.8. The number of benzene rings is 2. The molecule has 3 heterocycles. The summed E-state index contributed by atoms with van der Waals surface area (Å²) in [5, 5.41) is 10.7. The zero-order valence-corrected chi connectivity index (χ0v) is 19.7. The molecule has 8 nitrogen and oxygen atoms in total. The number of allylic oxidation sites excluding steroid dienone is 1. The van der Waals surface area contributed by atoms with Crippen LogP contribution in [0.3, 0.4) is 0 Å². The van der Waals surface area contributed by atoms with Crippen LogP contribution in [-0.2, 0) is 6.54 Å². The van der Waals surface area contributed by atoms with Crippen molar-refractivity contribution in [3.8, 4) is 23.0 Å². The number of ether oxygens (including phenoxy) is 3. The summed E-state index contributed by atoms with van der Waals surface area (Å²) in [6, 6.07) is 14.4. The van der Waals surface area contributed by atoms with E-state index in [0.29, 0.717) is 40.5 Å². The van der Waals surface area contributed by atoms with Gasteiger partial charge in [-0.1, -0.05) is 6.07 Å². The summed E-state index contributed by atoms with van der Waals surface area (Å²) in [5.74, 6) is 2.68. The van der Waals surface area contributed by atoms with E-state index >= 15 is 0 Å². The molecule has 180 valence electrons. The summed E-state index contributed by atoms with van der Waals surface area (Å²) in [6.45, 7) is 3.74. The molecular formula is C27H27N3O5. The SMILES string of the molecule is COc1ccc(OC)c(/C=C2/Oc3c(ccc(O)c3CN3CCN(c4ccccn4)CC3)C2=O)c1. The van der Waals surface area contributed by atoms with Crippen LogP contribution in [0.25, 0.3) is 6.08 Å². The lowest BCUT2D eigenvalue weighted by Crippen LogP contribution is -2.46. The number of nitrogens with zero attached hydrogens (tertiary/aromatic N) is 3. The Balaban J connectivity index is 1.36. The van der Waals surface area contributed by atoms with Gasteiger partial charge in [-0.25, -0.2) is 4.98 Å². The number of phenols is 1. The lowest BCUT2D eigenvalue weighted by Gasteiger charge is -2.35. The lowest BCUT2D eigenvalue weighted by atomic mass is 10.0. The third-order valence-corrected chi connectivity index (χ3v) is 6.37. The van der Waals surface area contributed by atoms with Gasteiger partial charge in [-0.15, -0.1) is 0 Å². The first-order chi connectivity index (χ1) is 17.1. The van der Waals surface area contributed by atoms with Gasteiger partial charge in [0.05, 0.1) is 25.3 Å². The Hall–Kier alpha value is -4.04. The number of anilines is 1. The van der Waals surface area contributed by atoms with Gasteiger partial charge in [-0.3, -0.25) is 9.69 Å². The summed E-state index contributed by atoms with van der Waals surface area (Å²) in [6.07, 6.45) is 3.45. The maximum absolute atomic E-state index is 13.1. The molecule has 2 aliphatic rings. The van der Waals surface area contributed by atoms with Crippen molar-refractivity contribution in [2.75, 3.05) is 45.3 Å². The van der Waals surface area contributed by atoms with E-state index in [9.17, 15) is 9.90 Å². The first-order valence-electron chi connectivity index (χ1n) is 11.5. The third-order valence-electron chi connectivity index (χ3n) is 6.37. The number of methoxy groups -OCH3 is 2. The van der Waals surface area contributed by atoms with Crippen LogP contribution in [0.5, 0.6) is 23.0 Å². The van der Waals surface area contributed by atoms with Gasteiger partial charge in [-0.05, 0) is 48.5 Å². The monoisotopic (exact) mass is 473 g/mol. The van der Waals surface area contributed by atoms with E-state index in [2.05, 4.69) is 14.8 Å². The molecule has 2 aromatic carbocycles. The lowest BCUT2D eigenvalue weighted by molar-refractivity contribution is 0.101. The van der Waals surface area contributed by atoms with E-state index in [-0.39, 0.29) is 17.3 Å². The van der Waals surface area contributed by atoms with Crippen LogP contribution in [0.1, 0.15) is 21.5 Å². The maximum Gasteiger partial charge on any atom is 0.231 e. The van der Waals surface area contributed by atoms with Crippen LogP contribution in [0, 0.1) is 0 Å². The molecule has 0 atom stereocenters. The molecule has 0 amide bonds. The molecule has 0 aliphatic carbocycles. The molecule has 0 radical (unpaired) electrons. The Morgan fingerprint density at radius 3 is 2.60 bits per heavy atom. The minimum Gasteiger partial charge on any atom is -0.507 e. The molecule has 35 heavy (non-hydrogen) atoms. The molecule has 0 bridgehead atoms. The molecule has 2 aliphatic heterocycles. The number of phenolic OH excluding ortho intramolecular Hbond substituents is 1. The van der Waals surface area contributed by atoms with Crippen LogP contribution in [0.2, 0.25) is 0 Å². The standard InChI is InChI=1S/C27H27N3O5/c1-33-19-6-9-23(34-2)18(15-19)16-24-26(32)20-7-8-22(31)21(27(20)35-24)17-29-11-13-30(14-12-29)25-5-3-4-10-28-25/h3-10,15-16,31H,11-14,17H2,1-2H3/b24-16+. The van der Waals surface area contributed by atoms with Crippen LogP contribution in [0.15, 0.2) is 60.5 Å². The quantitative estimate of drug-likeness (QED) is 0.542. The van der Waals surface area contributed by atoms with Crippen LogP contribution < -0.4 is 19.1 Å². The topological polar surface area (TPSA) is 84.4 Å². The number of piperazine rings is 1. The van der Waals surface area contributed by atoms with Gasteiger partial charge < -0.3 is 24.2 Å². The van der Waals surface area contributed by atoms with Crippen molar-refractivity contribution in [3.63, 3.8) is 0 Å². The molecule has 3 aromatic rings. The highest BCUT2D eigenvalue weighted by atomic mass is 16.5. The Bertz CT molecular complexity index is 1270. The highest BCUT2D eigenvalue weighted by Gasteiger charge is 2.32. The fourth-order valence-corrected chi connectivity index (χ4v) is 4.44. The number of aromatic nitrogens is 1. The van der Waals surface area contributed by atoms with Crippen LogP contribution >= 0.6 is 0 Å². The molecule has 5 rings (SSSR count). The van der Waals surface area contributed by atoms with Crippen molar-refractivity contribution in [1.29, 1.82) is 0 Å². The molecule has 1 aromatic heterocycles. The van der Waals surface area contributed by atoms with E-state index in [1.165, 1.54) is 0 Å². The van der Waals surface area contributed by atoms with E-state index < -0.39 is 0 Å². The molecule has 1 saturated heterocycles. The normalized spacial score (nSPS) is 16.8. The number of rotatable bonds is 6. The third kappa shape index (κ3) is 4.52. The van der Waals surface area contributed by atoms with Crippen molar-refractivity contribution in [3.05, 3.63) is 77.2 Å². The average Bonchev–Trinajstić information content (AvgIpc) is 3.21. The number of fused-ring (bicyclic) bond motifs is 1. The highest BCUT2D eigenvalue weighted by molar-refractivity contribution is 6.15. The predicted octanol–water partition coefficient (Wildman–Crippen LogP) is 3.74. The van der Waals surface area contributed by atoms with E-state index in [1.54, 1.807) is 56.8 Å². The molecule has 8 heteroatoms. The fourth-order valence-electron chi connectivity index (χ4n) is 4.44. The van der Waals surface area contributed by atoms with Gasteiger partial charge >= 0.3 is 0 Å². The van der Waals surface area contributed by atoms with Gasteiger partial charge in [0.2, 0.25) is 5.78 Å². The maximum atomic E-state index is 13.1. The van der Waals surface area contributed by atoms with Crippen molar-refractivity contribution < 1.29 is 24.1 Å². The summed E-state index contributed by atoms with van der Waals surface area (Å²) >= 11 is 0. The number of ketones is 1. The van der Waals surface area contributed by atoms with Crippen LogP contribution in [0.4, 0.5) is 5.82 Å². The second-order valence-electron chi connectivity index (χ2n) is 8.44. The number of aromatic hydroxyl groups is 1. The first-order valence-corrected chi connectivity index (χ1v) is 11.5. The largest absolute Gasteiger partial charge is 0.507 e. The van der Waals surface area contributed by atoms with Gasteiger partial charge in [0.25, 0.3) is 0 Å². The number of hydrogen-bond donors (Lipinski definition) is 1. The minimum atomic E-state index is -0.230. The van der Waals surface area contributed by atoms with Crippen LogP contribution in [-0.4, -0.2) is 61.2 Å². The minimum absolute atomic E-state index is 0.115. The van der Waals surface area contributed by atoms with Gasteiger partial charge in [-0.2, -0.15) is 0 Å². The molecule has 1 fully saturated rings. The van der Waals surface area contributed by atoms with Crippen molar-refractivity contribution in [2.45, 2.75) is 6.54 Å². The Labute approximate surface area is 204 Å². The second-order valence-corrected chi connectivity index (χ2v) is 8.44. The summed E-state index contributed by atoms with van der Waals surface area (Å²) in [4.78, 5) is 22.1. The molecule has 1 N–H and O–H groups in total. The highest BCUT2D eigenvalue weighted by Crippen LogP contribution is 2.41. The summed E-state index contributed by atoms with van der Waals surface area (Å²) in [5.41, 5.74) is 1.72. The second kappa shape index (κ2) is 9.68. The van der Waals surface area contributed by atoms with Crippen molar-refractivity contribution >= 4 is 17.7 Å². The van der Waals surface area contributed by atoms with E-state index in [4.69, 9.17) is 14.2 Å². The Morgan fingerprint density at radius 1 is 1.06 bits per heavy atom. The zero-order chi connectivity index (χ0) is 24.4. The van der Waals surface area contributed by atoms with Gasteiger partial charge in [0.1, 0.15) is 28.8 Å². The smallest absolute Gasteiger partial charge is 0.231 e.